The lowest BCUT2D eigenvalue weighted by Gasteiger charge is -2.39. The van der Waals surface area contributed by atoms with Crippen LogP contribution in [0, 0.1) is 17.1 Å². The molecule has 0 bridgehead atoms. The maximum absolute atomic E-state index is 13.9. The first-order valence-electron chi connectivity index (χ1n) is 13.2. The Hall–Kier alpha value is -4.63. The molecule has 1 atom stereocenters. The van der Waals surface area contributed by atoms with Gasteiger partial charge in [-0.2, -0.15) is 18.4 Å². The highest BCUT2D eigenvalue weighted by atomic mass is 19.4. The Bertz CT molecular complexity index is 1720. The van der Waals surface area contributed by atoms with Gasteiger partial charge in [-0.05, 0) is 73.9 Å². The molecular weight excluding hydrogens is 554 g/mol. The van der Waals surface area contributed by atoms with E-state index < -0.39 is 41.5 Å². The van der Waals surface area contributed by atoms with Crippen molar-refractivity contribution in [2.75, 3.05) is 13.2 Å². The Kier molecular flexibility index (Phi) is 8.04. The predicted molar refractivity (Wildman–Crippen MR) is 144 cm³/mol. The Balaban J connectivity index is 1.62. The van der Waals surface area contributed by atoms with Crippen LogP contribution in [0.15, 0.2) is 65.6 Å². The summed E-state index contributed by atoms with van der Waals surface area (Å²) in [6.07, 6.45) is -2.95. The second-order valence-electron chi connectivity index (χ2n) is 9.95. The van der Waals surface area contributed by atoms with Gasteiger partial charge in [-0.3, -0.25) is 14.2 Å². The van der Waals surface area contributed by atoms with Crippen molar-refractivity contribution in [3.05, 3.63) is 99.5 Å². The van der Waals surface area contributed by atoms with E-state index in [4.69, 9.17) is 4.74 Å². The fourth-order valence-electron chi connectivity index (χ4n) is 5.24. The van der Waals surface area contributed by atoms with Crippen molar-refractivity contribution in [1.29, 1.82) is 5.26 Å². The number of pyridine rings is 1. The summed E-state index contributed by atoms with van der Waals surface area (Å²) < 4.78 is 60.9. The molecular formula is C30H25F4N5O3. The van der Waals surface area contributed by atoms with Crippen LogP contribution >= 0.6 is 0 Å². The van der Waals surface area contributed by atoms with E-state index in [1.165, 1.54) is 15.7 Å². The summed E-state index contributed by atoms with van der Waals surface area (Å²) in [4.78, 5) is 38.1. The highest BCUT2D eigenvalue weighted by Gasteiger charge is 2.36. The average Bonchev–Trinajstić information content (AvgIpc) is 2.98. The molecule has 5 rings (SSSR count). The van der Waals surface area contributed by atoms with Gasteiger partial charge in [-0.1, -0.05) is 6.07 Å². The number of nitrogens with zero attached hydrogens (tertiary/aromatic N) is 5. The van der Waals surface area contributed by atoms with Crippen molar-refractivity contribution >= 4 is 16.9 Å². The van der Waals surface area contributed by atoms with Crippen molar-refractivity contribution in [2.24, 2.45) is 0 Å². The monoisotopic (exact) mass is 579 g/mol. The van der Waals surface area contributed by atoms with Crippen LogP contribution in [0.2, 0.25) is 0 Å². The maximum Gasteiger partial charge on any atom is 0.419 e. The molecule has 42 heavy (non-hydrogen) atoms. The lowest BCUT2D eigenvalue weighted by atomic mass is 10.0. The van der Waals surface area contributed by atoms with Crippen LogP contribution in [0.1, 0.15) is 48.3 Å². The van der Waals surface area contributed by atoms with Crippen LogP contribution in [0.25, 0.3) is 16.7 Å². The van der Waals surface area contributed by atoms with Crippen LogP contribution in [0.4, 0.5) is 17.6 Å². The van der Waals surface area contributed by atoms with Crippen LogP contribution < -0.4 is 5.56 Å². The van der Waals surface area contributed by atoms with Crippen molar-refractivity contribution in [3.63, 3.8) is 0 Å². The molecule has 0 radical (unpaired) electrons. The zero-order chi connectivity index (χ0) is 30.0. The normalized spacial score (nSPS) is 14.9. The molecule has 2 aromatic carbocycles. The molecule has 1 aliphatic heterocycles. The quantitative estimate of drug-likeness (QED) is 0.294. The van der Waals surface area contributed by atoms with E-state index in [0.717, 1.165) is 6.07 Å². The molecule has 1 aliphatic rings. The molecule has 0 unspecified atom stereocenters. The summed E-state index contributed by atoms with van der Waals surface area (Å²) in [7, 11) is 0. The number of hydrogen-bond acceptors (Lipinski definition) is 6. The second kappa shape index (κ2) is 11.7. The largest absolute Gasteiger partial charge is 0.419 e. The summed E-state index contributed by atoms with van der Waals surface area (Å²) in [6, 6.07) is 12.8. The Morgan fingerprint density at radius 1 is 1.17 bits per heavy atom. The molecule has 0 N–H and O–H groups in total. The minimum absolute atomic E-state index is 0.00407. The molecule has 0 spiro atoms. The molecule has 1 fully saturated rings. The van der Waals surface area contributed by atoms with Gasteiger partial charge in [0.25, 0.3) is 5.56 Å². The lowest BCUT2D eigenvalue weighted by Crippen LogP contribution is -2.47. The molecule has 0 saturated carbocycles. The van der Waals surface area contributed by atoms with Gasteiger partial charge in [-0.25, -0.2) is 14.4 Å². The summed E-state index contributed by atoms with van der Waals surface area (Å²) >= 11 is 0. The number of alkyl halides is 3. The molecule has 8 nitrogen and oxygen atoms in total. The first-order valence-corrected chi connectivity index (χ1v) is 13.2. The number of aromatic nitrogens is 3. The topological polar surface area (TPSA) is 101 Å². The Morgan fingerprint density at radius 2 is 1.88 bits per heavy atom. The third-order valence-electron chi connectivity index (χ3n) is 7.28. The van der Waals surface area contributed by atoms with E-state index in [1.807, 2.05) is 6.07 Å². The highest BCUT2D eigenvalue weighted by Crippen LogP contribution is 2.33. The standard InChI is InChI=1S/C30H25F4N5O3/c1-18(28-37-27-23(3-2-12-36-27)29(41)39(28)21-7-4-19(17-35)5-8-21)38(22-10-13-42-14-11-22)26(40)16-20-6-9-25(31)24(15-20)30(32,33)34/h2-9,12,15,18,22H,10-11,13-14,16H2,1H3/t18-/m1/s1. The number of hydrogen-bond donors (Lipinski definition) is 0. The van der Waals surface area contributed by atoms with Gasteiger partial charge < -0.3 is 9.64 Å². The molecule has 4 aromatic rings. The first-order chi connectivity index (χ1) is 20.1. The van der Waals surface area contributed by atoms with Crippen molar-refractivity contribution < 1.29 is 27.1 Å². The summed E-state index contributed by atoms with van der Waals surface area (Å²) in [5.41, 5.74) is -0.930. The molecule has 0 aliphatic carbocycles. The zero-order valence-electron chi connectivity index (χ0n) is 22.4. The van der Waals surface area contributed by atoms with Crippen molar-refractivity contribution in [2.45, 2.75) is 44.4 Å². The number of halogens is 4. The minimum atomic E-state index is -4.92. The summed E-state index contributed by atoms with van der Waals surface area (Å²) in [6.45, 7) is 2.42. The van der Waals surface area contributed by atoms with Gasteiger partial charge in [0.1, 0.15) is 11.6 Å². The molecule has 1 amide bonds. The van der Waals surface area contributed by atoms with Crippen LogP contribution in [0.5, 0.6) is 0 Å². The minimum Gasteiger partial charge on any atom is -0.381 e. The summed E-state index contributed by atoms with van der Waals surface area (Å²) in [5.74, 6) is -1.76. The van der Waals surface area contributed by atoms with Gasteiger partial charge in [0, 0.05) is 25.5 Å². The maximum atomic E-state index is 13.9. The van der Waals surface area contributed by atoms with E-state index in [0.29, 0.717) is 49.4 Å². The third kappa shape index (κ3) is 5.73. The number of carbonyl (C=O) groups excluding carboxylic acids is 1. The van der Waals surface area contributed by atoms with Gasteiger partial charge in [0.05, 0.1) is 40.7 Å². The Labute approximate surface area is 237 Å². The van der Waals surface area contributed by atoms with Crippen molar-refractivity contribution in [1.82, 2.24) is 19.4 Å². The Morgan fingerprint density at radius 3 is 2.55 bits per heavy atom. The molecule has 216 valence electrons. The predicted octanol–water partition coefficient (Wildman–Crippen LogP) is 5.12. The van der Waals surface area contributed by atoms with E-state index in [-0.39, 0.29) is 28.5 Å². The fraction of sp³-hybridized carbons (Fsp3) is 0.300. The van der Waals surface area contributed by atoms with Gasteiger partial charge in [-0.15, -0.1) is 0 Å². The van der Waals surface area contributed by atoms with E-state index in [2.05, 4.69) is 9.97 Å². The highest BCUT2D eigenvalue weighted by molar-refractivity contribution is 5.80. The van der Waals surface area contributed by atoms with E-state index in [9.17, 15) is 32.4 Å². The first kappa shape index (κ1) is 28.9. The number of amides is 1. The van der Waals surface area contributed by atoms with Crippen LogP contribution in [-0.4, -0.2) is 44.6 Å². The smallest absolute Gasteiger partial charge is 0.381 e. The molecule has 2 aromatic heterocycles. The lowest BCUT2D eigenvalue weighted by molar-refractivity contribution is -0.141. The molecule has 12 heteroatoms. The third-order valence-corrected chi connectivity index (χ3v) is 7.28. The molecule has 3 heterocycles. The van der Waals surface area contributed by atoms with Crippen LogP contribution in [-0.2, 0) is 22.1 Å². The SMILES string of the molecule is C[C@H](c1nc2ncccc2c(=O)n1-c1ccc(C#N)cc1)N(C(=O)Cc1ccc(F)c(C(F)(F)F)c1)C1CCOCC1. The fourth-order valence-corrected chi connectivity index (χ4v) is 5.24. The number of rotatable bonds is 6. The number of fused-ring (bicyclic) bond motifs is 1. The van der Waals surface area contributed by atoms with Gasteiger partial charge in [0.2, 0.25) is 5.91 Å². The second-order valence-corrected chi connectivity index (χ2v) is 9.95. The molecule has 1 saturated heterocycles. The van der Waals surface area contributed by atoms with Gasteiger partial charge >= 0.3 is 6.18 Å². The van der Waals surface area contributed by atoms with E-state index >= 15 is 0 Å². The number of ether oxygens (including phenoxy) is 1. The van der Waals surface area contributed by atoms with E-state index in [1.54, 1.807) is 43.3 Å². The average molecular weight is 580 g/mol. The summed E-state index contributed by atoms with van der Waals surface area (Å²) in [5, 5.41) is 9.48. The van der Waals surface area contributed by atoms with Crippen molar-refractivity contribution in [3.8, 4) is 11.8 Å². The number of benzene rings is 2. The number of carbonyl (C=O) groups is 1. The number of nitriles is 1. The van der Waals surface area contributed by atoms with Gasteiger partial charge in [0.15, 0.2) is 5.65 Å². The zero-order valence-corrected chi connectivity index (χ0v) is 22.4. The van der Waals surface area contributed by atoms with Crippen LogP contribution in [0.3, 0.4) is 0 Å².